The van der Waals surface area contributed by atoms with Crippen molar-refractivity contribution in [2.75, 3.05) is 0 Å². The summed E-state index contributed by atoms with van der Waals surface area (Å²) < 4.78 is 2.84. The van der Waals surface area contributed by atoms with E-state index in [9.17, 15) is 0 Å². The highest BCUT2D eigenvalue weighted by Crippen LogP contribution is 2.53. The molecule has 42 heavy (non-hydrogen) atoms. The summed E-state index contributed by atoms with van der Waals surface area (Å²) >= 11 is 2.00. The molecule has 1 heteroatoms. The van der Waals surface area contributed by atoms with E-state index in [-0.39, 0.29) is 0 Å². The molecule has 0 nitrogen and oxygen atoms in total. The Bertz CT molecular complexity index is 2850. The fourth-order valence-electron chi connectivity index (χ4n) is 8.17. The average Bonchev–Trinajstić information content (AvgIpc) is 3.57. The van der Waals surface area contributed by atoms with Gasteiger partial charge in [-0.2, -0.15) is 0 Å². The molecule has 0 unspecified atom stereocenters. The Kier molecular flexibility index (Phi) is 3.75. The zero-order valence-corrected chi connectivity index (χ0v) is 23.7. The number of thiophene rings is 1. The molecule has 0 radical (unpaired) electrons. The summed E-state index contributed by atoms with van der Waals surface area (Å²) in [6, 6.07) is 43.8. The summed E-state index contributed by atoms with van der Waals surface area (Å²) in [7, 11) is 0. The van der Waals surface area contributed by atoms with Gasteiger partial charge >= 0.3 is 0 Å². The molecular weight excluding hydrogens is 525 g/mol. The standard InChI is InChI=1S/C41H22S/c1-21-15-22-7-3-5-10-28(22)39-31(21)18-25-14-13-24-16-26-19-33-34(20-32(26)40-36(24)37(25)41(39)42-40)30-12-6-11-29-27-9-4-2-8-23(27)17-35(33)38(29)30/h2-20H,1H3. The van der Waals surface area contributed by atoms with Gasteiger partial charge in [0.05, 0.1) is 0 Å². The normalized spacial score (nSPS) is 12.9. The molecule has 0 N–H and O–H groups in total. The number of benzene rings is 9. The Morgan fingerprint density at radius 2 is 1.05 bits per heavy atom. The lowest BCUT2D eigenvalue weighted by molar-refractivity contribution is 1.57. The third kappa shape index (κ3) is 2.47. The number of hydrogen-bond acceptors (Lipinski definition) is 1. The van der Waals surface area contributed by atoms with Crippen molar-refractivity contribution in [3.05, 3.63) is 121 Å². The van der Waals surface area contributed by atoms with Crippen molar-refractivity contribution in [3.8, 4) is 22.3 Å². The van der Waals surface area contributed by atoms with E-state index in [1.54, 1.807) is 0 Å². The van der Waals surface area contributed by atoms with Crippen molar-refractivity contribution >= 4 is 96.1 Å². The smallest absolute Gasteiger partial charge is 0.0446 e. The predicted octanol–water partition coefficient (Wildman–Crippen LogP) is 12.4. The Morgan fingerprint density at radius 1 is 0.357 bits per heavy atom. The molecule has 0 saturated heterocycles. The van der Waals surface area contributed by atoms with Crippen molar-refractivity contribution in [2.45, 2.75) is 6.92 Å². The van der Waals surface area contributed by atoms with Gasteiger partial charge in [0.2, 0.25) is 0 Å². The molecule has 0 atom stereocenters. The van der Waals surface area contributed by atoms with Crippen molar-refractivity contribution in [1.29, 1.82) is 0 Å². The second kappa shape index (κ2) is 7.26. The minimum absolute atomic E-state index is 1.31. The first kappa shape index (κ1) is 21.7. The van der Waals surface area contributed by atoms with Crippen LogP contribution < -0.4 is 0 Å². The van der Waals surface area contributed by atoms with Gasteiger partial charge in [-0.25, -0.2) is 0 Å². The van der Waals surface area contributed by atoms with Crippen LogP contribution in [0, 0.1) is 6.92 Å². The molecule has 9 aromatic carbocycles. The monoisotopic (exact) mass is 546 g/mol. The van der Waals surface area contributed by atoms with Crippen LogP contribution in [0.15, 0.2) is 115 Å². The van der Waals surface area contributed by atoms with Gasteiger partial charge in [0.15, 0.2) is 0 Å². The highest BCUT2D eigenvalue weighted by Gasteiger charge is 2.25. The molecule has 0 saturated carbocycles. The lowest BCUT2D eigenvalue weighted by Crippen LogP contribution is -1.85. The molecule has 1 aromatic heterocycles. The van der Waals surface area contributed by atoms with Crippen LogP contribution in [-0.4, -0.2) is 0 Å². The quantitative estimate of drug-likeness (QED) is 0.131. The minimum Gasteiger partial charge on any atom is -0.134 e. The van der Waals surface area contributed by atoms with E-state index in [2.05, 4.69) is 122 Å². The number of hydrogen-bond donors (Lipinski definition) is 0. The van der Waals surface area contributed by atoms with Gasteiger partial charge in [-0.3, -0.25) is 0 Å². The largest absolute Gasteiger partial charge is 0.134 e. The Hall–Kier alpha value is -4.98. The van der Waals surface area contributed by atoms with Crippen LogP contribution in [0.4, 0.5) is 0 Å². The second-order valence-electron chi connectivity index (χ2n) is 12.1. The molecule has 1 aliphatic carbocycles. The molecule has 1 aliphatic rings. The topological polar surface area (TPSA) is 0 Å². The maximum Gasteiger partial charge on any atom is 0.0446 e. The van der Waals surface area contributed by atoms with Crippen LogP contribution in [-0.2, 0) is 0 Å². The van der Waals surface area contributed by atoms with Crippen molar-refractivity contribution in [1.82, 2.24) is 0 Å². The number of fused-ring (bicyclic) bond motifs is 11. The van der Waals surface area contributed by atoms with E-state index in [0.29, 0.717) is 0 Å². The summed E-state index contributed by atoms with van der Waals surface area (Å²) in [4.78, 5) is 0. The molecule has 0 amide bonds. The van der Waals surface area contributed by atoms with Gasteiger partial charge < -0.3 is 0 Å². The molecule has 1 heterocycles. The zero-order valence-electron chi connectivity index (χ0n) is 22.9. The van der Waals surface area contributed by atoms with Crippen LogP contribution in [0.3, 0.4) is 0 Å². The number of aryl methyl sites for hydroxylation is 1. The average molecular weight is 547 g/mol. The molecule has 0 spiro atoms. The van der Waals surface area contributed by atoms with Crippen molar-refractivity contribution < 1.29 is 0 Å². The third-order valence-electron chi connectivity index (χ3n) is 9.96. The first-order valence-electron chi connectivity index (χ1n) is 14.7. The lowest BCUT2D eigenvalue weighted by Gasteiger charge is -2.11. The van der Waals surface area contributed by atoms with Gasteiger partial charge in [0, 0.05) is 30.9 Å². The second-order valence-corrected chi connectivity index (χ2v) is 13.1. The Balaban J connectivity index is 1.33. The summed E-state index contributed by atoms with van der Waals surface area (Å²) in [5, 5.41) is 19.1. The van der Waals surface area contributed by atoms with Crippen LogP contribution in [0.1, 0.15) is 5.56 Å². The van der Waals surface area contributed by atoms with Gasteiger partial charge in [-0.1, -0.05) is 84.9 Å². The summed E-state index contributed by atoms with van der Waals surface area (Å²) in [5.74, 6) is 0. The Labute approximate surface area is 245 Å². The van der Waals surface area contributed by atoms with Gasteiger partial charge in [0.1, 0.15) is 0 Å². The fourth-order valence-corrected chi connectivity index (χ4v) is 9.63. The first-order chi connectivity index (χ1) is 20.7. The van der Waals surface area contributed by atoms with Crippen LogP contribution in [0.2, 0.25) is 0 Å². The van der Waals surface area contributed by atoms with Crippen molar-refractivity contribution in [2.24, 2.45) is 0 Å². The van der Waals surface area contributed by atoms with E-state index in [1.807, 2.05) is 11.3 Å². The zero-order chi connectivity index (χ0) is 27.3. The molecule has 10 aromatic rings. The molecule has 0 bridgehead atoms. The molecule has 0 fully saturated rings. The minimum atomic E-state index is 1.31. The van der Waals surface area contributed by atoms with Crippen LogP contribution >= 0.6 is 11.3 Å². The van der Waals surface area contributed by atoms with E-state index in [1.165, 1.54) is 113 Å². The Morgan fingerprint density at radius 3 is 1.93 bits per heavy atom. The maximum absolute atomic E-state index is 2.50. The first-order valence-corrected chi connectivity index (χ1v) is 15.5. The van der Waals surface area contributed by atoms with Gasteiger partial charge in [-0.05, 0) is 119 Å². The summed E-state index contributed by atoms with van der Waals surface area (Å²) in [5.41, 5.74) is 6.80. The van der Waals surface area contributed by atoms with E-state index in [0.717, 1.165) is 0 Å². The summed E-state index contributed by atoms with van der Waals surface area (Å²) in [6.45, 7) is 2.26. The van der Waals surface area contributed by atoms with Gasteiger partial charge in [0.25, 0.3) is 0 Å². The molecule has 192 valence electrons. The number of rotatable bonds is 0. The lowest BCUT2D eigenvalue weighted by atomic mass is 9.91. The molecule has 11 rings (SSSR count). The summed E-state index contributed by atoms with van der Waals surface area (Å²) in [6.07, 6.45) is 0. The maximum atomic E-state index is 2.50. The third-order valence-corrected chi connectivity index (χ3v) is 11.2. The van der Waals surface area contributed by atoms with E-state index < -0.39 is 0 Å². The SMILES string of the molecule is Cc1cc2ccccc2c2c1cc1ccc3cc4cc5c(cc4c4sc2c1c34)-c1cccc2c1c-5cc1ccccc12. The van der Waals surface area contributed by atoms with Gasteiger partial charge in [-0.15, -0.1) is 11.3 Å². The van der Waals surface area contributed by atoms with Crippen molar-refractivity contribution in [3.63, 3.8) is 0 Å². The van der Waals surface area contributed by atoms with Crippen LogP contribution in [0.5, 0.6) is 0 Å². The van der Waals surface area contributed by atoms with E-state index in [4.69, 9.17) is 0 Å². The van der Waals surface area contributed by atoms with E-state index >= 15 is 0 Å². The van der Waals surface area contributed by atoms with Crippen LogP contribution in [0.25, 0.3) is 107 Å². The highest BCUT2D eigenvalue weighted by atomic mass is 32.1. The predicted molar refractivity (Wildman–Crippen MR) is 185 cm³/mol. The molecular formula is C41H22S. The fraction of sp³-hybridized carbons (Fsp3) is 0.0244. The molecule has 0 aliphatic heterocycles. The highest BCUT2D eigenvalue weighted by molar-refractivity contribution is 7.28.